The Bertz CT molecular complexity index is 552. The molecule has 148 valence electrons. The van der Waals surface area contributed by atoms with Crippen molar-refractivity contribution in [2.24, 2.45) is 17.6 Å². The smallest absolute Gasteiger partial charge is 0.227 e. The van der Waals surface area contributed by atoms with Gasteiger partial charge in [0.2, 0.25) is 5.91 Å². The van der Waals surface area contributed by atoms with E-state index in [1.54, 1.807) is 0 Å². The van der Waals surface area contributed by atoms with E-state index >= 15 is 0 Å². The Kier molecular flexibility index (Phi) is 9.94. The summed E-state index contributed by atoms with van der Waals surface area (Å²) < 4.78 is 0. The van der Waals surface area contributed by atoms with Crippen molar-refractivity contribution in [2.45, 2.75) is 58.0 Å². The van der Waals surface area contributed by atoms with E-state index in [0.29, 0.717) is 0 Å². The number of benzene rings is 1. The highest BCUT2D eigenvalue weighted by Gasteiger charge is 2.25. The number of nitrogens with one attached hydrogen (secondary N) is 1. The second kappa shape index (κ2) is 11.1. The van der Waals surface area contributed by atoms with Gasteiger partial charge in [0.15, 0.2) is 0 Å². The first-order valence-corrected chi connectivity index (χ1v) is 9.48. The number of rotatable bonds is 4. The van der Waals surface area contributed by atoms with E-state index in [-0.39, 0.29) is 42.7 Å². The molecule has 1 amide bonds. The fourth-order valence-electron chi connectivity index (χ4n) is 4.09. The van der Waals surface area contributed by atoms with Crippen LogP contribution in [0, 0.1) is 11.8 Å². The average molecular weight is 402 g/mol. The predicted molar refractivity (Wildman–Crippen MR) is 113 cm³/mol. The lowest BCUT2D eigenvalue weighted by molar-refractivity contribution is -0.120. The van der Waals surface area contributed by atoms with Gasteiger partial charge in [-0.3, -0.25) is 9.69 Å². The first-order valence-electron chi connectivity index (χ1n) is 9.48. The largest absolute Gasteiger partial charge is 0.328 e. The van der Waals surface area contributed by atoms with Crippen LogP contribution >= 0.6 is 24.8 Å². The molecule has 1 heterocycles. The highest BCUT2D eigenvalue weighted by atomic mass is 35.5. The van der Waals surface area contributed by atoms with Gasteiger partial charge >= 0.3 is 0 Å². The minimum Gasteiger partial charge on any atom is -0.328 e. The van der Waals surface area contributed by atoms with Gasteiger partial charge in [-0.25, -0.2) is 0 Å². The summed E-state index contributed by atoms with van der Waals surface area (Å²) in [7, 11) is 0. The van der Waals surface area contributed by atoms with Crippen LogP contribution in [0.25, 0.3) is 0 Å². The minimum absolute atomic E-state index is 0. The van der Waals surface area contributed by atoms with Crippen molar-refractivity contribution in [1.82, 2.24) is 4.90 Å². The van der Waals surface area contributed by atoms with Gasteiger partial charge in [0.25, 0.3) is 0 Å². The van der Waals surface area contributed by atoms with E-state index in [4.69, 9.17) is 5.73 Å². The van der Waals surface area contributed by atoms with Crippen molar-refractivity contribution in [1.29, 1.82) is 0 Å². The van der Waals surface area contributed by atoms with Gasteiger partial charge in [-0.2, -0.15) is 0 Å². The summed E-state index contributed by atoms with van der Waals surface area (Å²) in [6.45, 7) is 5.74. The molecule has 0 spiro atoms. The van der Waals surface area contributed by atoms with Crippen molar-refractivity contribution in [3.8, 4) is 0 Å². The Morgan fingerprint density at radius 3 is 2.54 bits per heavy atom. The maximum absolute atomic E-state index is 12.4. The Morgan fingerprint density at radius 2 is 1.88 bits per heavy atom. The van der Waals surface area contributed by atoms with Crippen molar-refractivity contribution >= 4 is 36.4 Å². The van der Waals surface area contributed by atoms with Crippen molar-refractivity contribution in [3.05, 3.63) is 29.8 Å². The van der Waals surface area contributed by atoms with Crippen LogP contribution in [0.1, 0.15) is 51.0 Å². The quantitative estimate of drug-likeness (QED) is 0.793. The highest BCUT2D eigenvalue weighted by Crippen LogP contribution is 2.25. The molecule has 2 aliphatic rings. The number of piperidine rings is 1. The number of amides is 1. The monoisotopic (exact) mass is 401 g/mol. The Morgan fingerprint density at radius 1 is 1.15 bits per heavy atom. The van der Waals surface area contributed by atoms with Gasteiger partial charge in [0.1, 0.15) is 0 Å². The first kappa shape index (κ1) is 23.2. The molecular formula is C20H33Cl2N3O. The van der Waals surface area contributed by atoms with Gasteiger partial charge in [-0.1, -0.05) is 25.5 Å². The van der Waals surface area contributed by atoms with Crippen LogP contribution in [-0.4, -0.2) is 29.9 Å². The van der Waals surface area contributed by atoms with Crippen LogP contribution in [0.4, 0.5) is 5.69 Å². The number of nitrogens with two attached hydrogens (primary N) is 1. The zero-order chi connectivity index (χ0) is 16.9. The number of anilines is 1. The molecule has 0 bridgehead atoms. The summed E-state index contributed by atoms with van der Waals surface area (Å²) in [5.74, 6) is 1.00. The second-order valence-electron chi connectivity index (χ2n) is 7.79. The Hall–Kier alpha value is -0.810. The molecule has 3 N–H and O–H groups in total. The van der Waals surface area contributed by atoms with Crippen LogP contribution < -0.4 is 11.1 Å². The number of likely N-dealkylation sites (tertiary alicyclic amines) is 1. The number of hydrogen-bond acceptors (Lipinski definition) is 3. The standard InChI is InChI=1S/C20H31N3O.2ClH/c1-15-4-3-11-23(13-15)14-16-7-9-19(10-8-16)22-20(24)17-5-2-6-18(21)12-17;;/h7-10,15,17-18H,2-6,11-14,21H2,1H3,(H,22,24);2*1H. The molecule has 3 unspecified atom stereocenters. The molecule has 3 rings (SSSR count). The third kappa shape index (κ3) is 6.73. The van der Waals surface area contributed by atoms with Gasteiger partial charge in [-0.15, -0.1) is 24.8 Å². The number of carbonyl (C=O) groups excluding carboxylic acids is 1. The second-order valence-corrected chi connectivity index (χ2v) is 7.79. The zero-order valence-corrected chi connectivity index (χ0v) is 17.3. The molecule has 2 fully saturated rings. The summed E-state index contributed by atoms with van der Waals surface area (Å²) in [4.78, 5) is 14.9. The summed E-state index contributed by atoms with van der Waals surface area (Å²) in [6.07, 6.45) is 6.55. The van der Waals surface area contributed by atoms with Crippen molar-refractivity contribution in [3.63, 3.8) is 0 Å². The molecule has 1 saturated carbocycles. The number of carbonyl (C=O) groups is 1. The van der Waals surface area contributed by atoms with Gasteiger partial charge < -0.3 is 11.1 Å². The third-order valence-corrected chi connectivity index (χ3v) is 5.45. The zero-order valence-electron chi connectivity index (χ0n) is 15.7. The fourth-order valence-corrected chi connectivity index (χ4v) is 4.09. The topological polar surface area (TPSA) is 58.4 Å². The summed E-state index contributed by atoms with van der Waals surface area (Å²) in [5, 5.41) is 3.06. The molecule has 6 heteroatoms. The fraction of sp³-hybridized carbons (Fsp3) is 0.650. The van der Waals surface area contributed by atoms with Crippen molar-refractivity contribution < 1.29 is 4.79 Å². The van der Waals surface area contributed by atoms with E-state index in [1.807, 2.05) is 12.1 Å². The maximum atomic E-state index is 12.4. The van der Waals surface area contributed by atoms with Crippen LogP contribution in [0.15, 0.2) is 24.3 Å². The van der Waals surface area contributed by atoms with E-state index in [0.717, 1.165) is 43.8 Å². The summed E-state index contributed by atoms with van der Waals surface area (Å²) in [5.41, 5.74) is 8.21. The molecule has 1 aromatic carbocycles. The lowest BCUT2D eigenvalue weighted by Crippen LogP contribution is -2.34. The summed E-state index contributed by atoms with van der Waals surface area (Å²) in [6, 6.07) is 8.53. The van der Waals surface area contributed by atoms with Crippen LogP contribution in [0.2, 0.25) is 0 Å². The molecule has 3 atom stereocenters. The number of halogens is 2. The molecule has 1 aromatic rings. The molecule has 1 aliphatic carbocycles. The molecule has 26 heavy (non-hydrogen) atoms. The van der Waals surface area contributed by atoms with Gasteiger partial charge in [0, 0.05) is 30.7 Å². The maximum Gasteiger partial charge on any atom is 0.227 e. The molecule has 0 radical (unpaired) electrons. The van der Waals surface area contributed by atoms with E-state index < -0.39 is 0 Å². The average Bonchev–Trinajstić information content (AvgIpc) is 2.57. The molecule has 0 aromatic heterocycles. The molecular weight excluding hydrogens is 369 g/mol. The van der Waals surface area contributed by atoms with Gasteiger partial charge in [-0.05, 0) is 62.3 Å². The lowest BCUT2D eigenvalue weighted by Gasteiger charge is -2.30. The van der Waals surface area contributed by atoms with E-state index in [9.17, 15) is 4.79 Å². The Labute approximate surface area is 170 Å². The van der Waals surface area contributed by atoms with Crippen LogP contribution in [0.3, 0.4) is 0 Å². The molecule has 1 aliphatic heterocycles. The lowest BCUT2D eigenvalue weighted by atomic mass is 9.85. The van der Waals surface area contributed by atoms with E-state index in [1.165, 1.54) is 31.5 Å². The molecule has 4 nitrogen and oxygen atoms in total. The predicted octanol–water partition coefficient (Wildman–Crippen LogP) is 4.22. The number of nitrogens with zero attached hydrogens (tertiary/aromatic N) is 1. The summed E-state index contributed by atoms with van der Waals surface area (Å²) >= 11 is 0. The third-order valence-electron chi connectivity index (χ3n) is 5.45. The number of hydrogen-bond donors (Lipinski definition) is 2. The first-order chi connectivity index (χ1) is 11.6. The Balaban J connectivity index is 0.00000169. The molecule has 1 saturated heterocycles. The van der Waals surface area contributed by atoms with Crippen LogP contribution in [-0.2, 0) is 11.3 Å². The SMILES string of the molecule is CC1CCCN(Cc2ccc(NC(=O)C3CCCC(N)C3)cc2)C1.Cl.Cl. The van der Waals surface area contributed by atoms with Crippen LogP contribution in [0.5, 0.6) is 0 Å². The van der Waals surface area contributed by atoms with Gasteiger partial charge in [0.05, 0.1) is 0 Å². The van der Waals surface area contributed by atoms with Crippen molar-refractivity contribution in [2.75, 3.05) is 18.4 Å². The normalized spacial score (nSPS) is 26.3. The highest BCUT2D eigenvalue weighted by molar-refractivity contribution is 5.92. The minimum atomic E-state index is 0. The van der Waals surface area contributed by atoms with E-state index in [2.05, 4.69) is 29.3 Å².